The lowest BCUT2D eigenvalue weighted by molar-refractivity contribution is -0.0607. The molecule has 7 heteroatoms. The molecule has 21 heavy (non-hydrogen) atoms. The molecule has 126 valence electrons. The summed E-state index contributed by atoms with van der Waals surface area (Å²) >= 11 is 0. The van der Waals surface area contributed by atoms with Crippen LogP contribution >= 0.6 is 0 Å². The van der Waals surface area contributed by atoms with Gasteiger partial charge < -0.3 is 33.2 Å². The number of epoxide rings is 1. The topological polar surface area (TPSA) is 67.9 Å². The van der Waals surface area contributed by atoms with Crippen LogP contribution in [0.1, 0.15) is 6.92 Å². The normalized spacial score (nSPS) is 20.9. The molecule has 1 atom stereocenters. The van der Waals surface area contributed by atoms with Crippen molar-refractivity contribution in [2.24, 2.45) is 0 Å². The summed E-state index contributed by atoms with van der Waals surface area (Å²) in [4.78, 5) is 0. The maximum absolute atomic E-state index is 5.42. The standard InChI is InChI=1S/C14H28O7/c1-14(13-21-14)20-12-11-19-10-9-18-8-7-17-6-5-16-4-3-15-2/h3-13H2,1-2H3. The molecule has 1 heterocycles. The van der Waals surface area contributed by atoms with Crippen LogP contribution in [0.15, 0.2) is 0 Å². The molecule has 0 bridgehead atoms. The average Bonchev–Trinajstić information content (AvgIpc) is 3.21. The van der Waals surface area contributed by atoms with Crippen LogP contribution in [0.2, 0.25) is 0 Å². The summed E-state index contributed by atoms with van der Waals surface area (Å²) in [6.45, 7) is 8.28. The fourth-order valence-corrected chi connectivity index (χ4v) is 1.41. The quantitative estimate of drug-likeness (QED) is 0.303. The van der Waals surface area contributed by atoms with Crippen molar-refractivity contribution in [2.75, 3.05) is 79.8 Å². The Labute approximate surface area is 126 Å². The minimum absolute atomic E-state index is 0.357. The summed E-state index contributed by atoms with van der Waals surface area (Å²) in [5, 5.41) is 0. The molecule has 1 unspecified atom stereocenters. The maximum Gasteiger partial charge on any atom is 0.189 e. The lowest BCUT2D eigenvalue weighted by Crippen LogP contribution is -2.17. The van der Waals surface area contributed by atoms with E-state index >= 15 is 0 Å². The van der Waals surface area contributed by atoms with Gasteiger partial charge in [-0.2, -0.15) is 0 Å². The molecule has 1 saturated heterocycles. The molecule has 0 radical (unpaired) electrons. The van der Waals surface area contributed by atoms with Gasteiger partial charge in [0.25, 0.3) is 0 Å². The van der Waals surface area contributed by atoms with E-state index < -0.39 is 0 Å². The highest BCUT2D eigenvalue weighted by molar-refractivity contribution is 4.74. The van der Waals surface area contributed by atoms with E-state index in [-0.39, 0.29) is 5.79 Å². The molecule has 0 amide bonds. The molecule has 1 aliphatic heterocycles. The van der Waals surface area contributed by atoms with E-state index in [0.29, 0.717) is 72.7 Å². The van der Waals surface area contributed by atoms with Crippen molar-refractivity contribution in [3.8, 4) is 0 Å². The van der Waals surface area contributed by atoms with Gasteiger partial charge in [-0.25, -0.2) is 0 Å². The van der Waals surface area contributed by atoms with Crippen molar-refractivity contribution < 1.29 is 33.2 Å². The van der Waals surface area contributed by atoms with E-state index in [1.807, 2.05) is 6.92 Å². The zero-order chi connectivity index (χ0) is 15.2. The number of rotatable bonds is 16. The van der Waals surface area contributed by atoms with Crippen LogP contribution in [0.25, 0.3) is 0 Å². The first-order valence-corrected chi connectivity index (χ1v) is 7.35. The molecule has 0 saturated carbocycles. The van der Waals surface area contributed by atoms with Crippen LogP contribution in [0.3, 0.4) is 0 Å². The molecule has 0 aromatic rings. The molecule has 0 aromatic carbocycles. The molecule has 0 spiro atoms. The van der Waals surface area contributed by atoms with Crippen molar-refractivity contribution in [3.63, 3.8) is 0 Å². The molecular formula is C14H28O7. The molecule has 1 rings (SSSR count). The van der Waals surface area contributed by atoms with Crippen molar-refractivity contribution in [3.05, 3.63) is 0 Å². The van der Waals surface area contributed by atoms with Crippen molar-refractivity contribution >= 4 is 0 Å². The first-order chi connectivity index (χ1) is 10.3. The van der Waals surface area contributed by atoms with E-state index in [1.54, 1.807) is 7.11 Å². The third kappa shape index (κ3) is 12.0. The first-order valence-electron chi connectivity index (χ1n) is 7.35. The Morgan fingerprint density at radius 1 is 0.714 bits per heavy atom. The van der Waals surface area contributed by atoms with Gasteiger partial charge in [0.15, 0.2) is 5.79 Å². The lowest BCUT2D eigenvalue weighted by Gasteiger charge is -2.09. The summed E-state index contributed by atoms with van der Waals surface area (Å²) in [6, 6.07) is 0. The summed E-state index contributed by atoms with van der Waals surface area (Å²) in [7, 11) is 1.65. The van der Waals surface area contributed by atoms with Gasteiger partial charge in [0.2, 0.25) is 0 Å². The molecule has 0 aliphatic carbocycles. The maximum atomic E-state index is 5.42. The second-order valence-corrected chi connectivity index (χ2v) is 4.71. The fourth-order valence-electron chi connectivity index (χ4n) is 1.41. The highest BCUT2D eigenvalue weighted by atomic mass is 16.8. The molecule has 7 nitrogen and oxygen atoms in total. The third-order valence-corrected chi connectivity index (χ3v) is 2.73. The highest BCUT2D eigenvalue weighted by Crippen LogP contribution is 2.26. The van der Waals surface area contributed by atoms with Gasteiger partial charge in [0, 0.05) is 7.11 Å². The van der Waals surface area contributed by atoms with Crippen molar-refractivity contribution in [2.45, 2.75) is 12.7 Å². The van der Waals surface area contributed by atoms with Crippen molar-refractivity contribution in [1.82, 2.24) is 0 Å². The summed E-state index contributed by atoms with van der Waals surface area (Å²) in [5.41, 5.74) is 0. The average molecular weight is 308 g/mol. The van der Waals surface area contributed by atoms with Crippen LogP contribution < -0.4 is 0 Å². The highest BCUT2D eigenvalue weighted by Gasteiger charge is 2.40. The first kappa shape index (κ1) is 18.8. The largest absolute Gasteiger partial charge is 0.382 e. The predicted molar refractivity (Wildman–Crippen MR) is 75.5 cm³/mol. The Morgan fingerprint density at radius 2 is 1.10 bits per heavy atom. The Morgan fingerprint density at radius 3 is 1.48 bits per heavy atom. The SMILES string of the molecule is COCCOCCOCCOCCOCCOC1(C)CO1. The Bertz CT molecular complexity index is 233. The number of methoxy groups -OCH3 is 1. The van der Waals surface area contributed by atoms with Gasteiger partial charge in [-0.15, -0.1) is 0 Å². The van der Waals surface area contributed by atoms with Crippen LogP contribution in [0.4, 0.5) is 0 Å². The Hall–Kier alpha value is -0.280. The summed E-state index contributed by atoms with van der Waals surface area (Å²) < 4.78 is 36.7. The molecule has 1 fully saturated rings. The van der Waals surface area contributed by atoms with E-state index in [1.165, 1.54) is 0 Å². The minimum Gasteiger partial charge on any atom is -0.382 e. The number of hydrogen-bond acceptors (Lipinski definition) is 7. The Kier molecular flexibility index (Phi) is 11.0. The van der Waals surface area contributed by atoms with Crippen LogP contribution in [0, 0.1) is 0 Å². The summed E-state index contributed by atoms with van der Waals surface area (Å²) in [6.07, 6.45) is 0. The van der Waals surface area contributed by atoms with Gasteiger partial charge in [0.05, 0.1) is 66.1 Å². The van der Waals surface area contributed by atoms with E-state index in [9.17, 15) is 0 Å². The zero-order valence-electron chi connectivity index (χ0n) is 13.1. The number of hydrogen-bond donors (Lipinski definition) is 0. The minimum atomic E-state index is -0.357. The van der Waals surface area contributed by atoms with Gasteiger partial charge in [-0.3, -0.25) is 0 Å². The van der Waals surface area contributed by atoms with E-state index in [4.69, 9.17) is 33.2 Å². The third-order valence-electron chi connectivity index (χ3n) is 2.73. The van der Waals surface area contributed by atoms with Gasteiger partial charge in [-0.05, 0) is 6.92 Å². The molecule has 0 N–H and O–H groups in total. The Balaban J connectivity index is 1.63. The summed E-state index contributed by atoms with van der Waals surface area (Å²) in [5.74, 6) is -0.357. The monoisotopic (exact) mass is 308 g/mol. The van der Waals surface area contributed by atoms with Gasteiger partial charge in [0.1, 0.15) is 6.61 Å². The predicted octanol–water partition coefficient (Wildman–Crippen LogP) is 0.462. The smallest absolute Gasteiger partial charge is 0.189 e. The fraction of sp³-hybridized carbons (Fsp3) is 1.00. The second kappa shape index (κ2) is 12.3. The van der Waals surface area contributed by atoms with Gasteiger partial charge >= 0.3 is 0 Å². The molecular weight excluding hydrogens is 280 g/mol. The molecule has 1 aliphatic rings. The van der Waals surface area contributed by atoms with Crippen LogP contribution in [-0.4, -0.2) is 85.6 Å². The van der Waals surface area contributed by atoms with Crippen LogP contribution in [-0.2, 0) is 33.2 Å². The zero-order valence-corrected chi connectivity index (χ0v) is 13.1. The van der Waals surface area contributed by atoms with Crippen molar-refractivity contribution in [1.29, 1.82) is 0 Å². The second-order valence-electron chi connectivity index (χ2n) is 4.71. The van der Waals surface area contributed by atoms with Gasteiger partial charge in [-0.1, -0.05) is 0 Å². The number of ether oxygens (including phenoxy) is 7. The molecule has 0 aromatic heterocycles. The van der Waals surface area contributed by atoms with E-state index in [2.05, 4.69) is 0 Å². The van der Waals surface area contributed by atoms with Crippen LogP contribution in [0.5, 0.6) is 0 Å². The van der Waals surface area contributed by atoms with E-state index in [0.717, 1.165) is 0 Å². The lowest BCUT2D eigenvalue weighted by atomic mass is 10.5.